The van der Waals surface area contributed by atoms with Crippen molar-refractivity contribution < 1.29 is 0 Å². The highest BCUT2D eigenvalue weighted by Crippen LogP contribution is 2.20. The summed E-state index contributed by atoms with van der Waals surface area (Å²) in [5.74, 6) is 0.694. The molecule has 0 fully saturated rings. The maximum atomic E-state index is 5.69. The number of aromatic nitrogens is 1. The van der Waals surface area contributed by atoms with Crippen molar-refractivity contribution >= 4 is 28.1 Å². The normalized spacial score (nSPS) is 12.8. The third kappa shape index (κ3) is 2.72. The first kappa shape index (κ1) is 13.1. The van der Waals surface area contributed by atoms with E-state index in [1.807, 2.05) is 6.07 Å². The molecule has 1 unspecified atom stereocenters. The van der Waals surface area contributed by atoms with Gasteiger partial charge in [-0.25, -0.2) is 0 Å². The fraction of sp³-hybridized carbons (Fsp3) is 0.400. The molecular formula is C15H20N2S. The second kappa shape index (κ2) is 5.53. The first-order valence-corrected chi connectivity index (χ1v) is 6.91. The maximum Gasteiger partial charge on any atom is 0.104 e. The number of nitrogens with two attached hydrogens (primary N) is 1. The predicted molar refractivity (Wildman–Crippen MR) is 81.9 cm³/mol. The summed E-state index contributed by atoms with van der Waals surface area (Å²) in [5.41, 5.74) is 7.86. The van der Waals surface area contributed by atoms with Crippen molar-refractivity contribution in [3.8, 4) is 0 Å². The molecule has 3 heteroatoms. The average molecular weight is 260 g/mol. The van der Waals surface area contributed by atoms with Crippen molar-refractivity contribution in [3.05, 3.63) is 36.0 Å². The number of nitrogens with zero attached hydrogens (tertiary/aromatic N) is 1. The van der Waals surface area contributed by atoms with Crippen molar-refractivity contribution in [2.75, 3.05) is 0 Å². The van der Waals surface area contributed by atoms with Crippen LogP contribution in [0.5, 0.6) is 0 Å². The van der Waals surface area contributed by atoms with Gasteiger partial charge in [0.25, 0.3) is 0 Å². The van der Waals surface area contributed by atoms with Crippen molar-refractivity contribution in [1.29, 1.82) is 0 Å². The first-order chi connectivity index (χ1) is 8.61. The molecule has 0 spiro atoms. The van der Waals surface area contributed by atoms with E-state index in [0.717, 1.165) is 12.1 Å². The molecule has 2 nitrogen and oxygen atoms in total. The van der Waals surface area contributed by atoms with Crippen LogP contribution in [0, 0.1) is 5.92 Å². The van der Waals surface area contributed by atoms with Gasteiger partial charge in [-0.15, -0.1) is 0 Å². The highest BCUT2D eigenvalue weighted by Gasteiger charge is 2.07. The minimum atomic E-state index is 0.464. The molecule has 0 aliphatic rings. The second-order valence-corrected chi connectivity index (χ2v) is 5.44. The van der Waals surface area contributed by atoms with Crippen LogP contribution in [-0.4, -0.2) is 9.56 Å². The minimum Gasteiger partial charge on any atom is -0.389 e. The Morgan fingerprint density at radius 3 is 2.83 bits per heavy atom. The number of benzene rings is 1. The van der Waals surface area contributed by atoms with E-state index in [2.05, 4.69) is 42.8 Å². The Morgan fingerprint density at radius 2 is 2.17 bits per heavy atom. The summed E-state index contributed by atoms with van der Waals surface area (Å²) in [6, 6.07) is 8.32. The SMILES string of the molecule is CCCC(C)Cn1ccc2ccc(C(N)=S)cc21. The largest absolute Gasteiger partial charge is 0.389 e. The van der Waals surface area contributed by atoms with Crippen LogP contribution in [0.3, 0.4) is 0 Å². The fourth-order valence-electron chi connectivity index (χ4n) is 2.42. The molecule has 0 aliphatic heterocycles. The first-order valence-electron chi connectivity index (χ1n) is 6.50. The number of fused-ring (bicyclic) bond motifs is 1. The summed E-state index contributed by atoms with van der Waals surface area (Å²) in [4.78, 5) is 0.464. The van der Waals surface area contributed by atoms with Gasteiger partial charge in [0.1, 0.15) is 4.99 Å². The van der Waals surface area contributed by atoms with E-state index in [4.69, 9.17) is 18.0 Å². The van der Waals surface area contributed by atoms with Gasteiger partial charge in [-0.1, -0.05) is 44.6 Å². The summed E-state index contributed by atoms with van der Waals surface area (Å²) < 4.78 is 2.30. The van der Waals surface area contributed by atoms with Crippen LogP contribution >= 0.6 is 12.2 Å². The number of thiocarbonyl (C=S) groups is 1. The van der Waals surface area contributed by atoms with Gasteiger partial charge < -0.3 is 10.3 Å². The van der Waals surface area contributed by atoms with Crippen molar-refractivity contribution in [3.63, 3.8) is 0 Å². The molecule has 0 saturated heterocycles. The van der Waals surface area contributed by atoms with E-state index in [-0.39, 0.29) is 0 Å². The van der Waals surface area contributed by atoms with Gasteiger partial charge >= 0.3 is 0 Å². The smallest absolute Gasteiger partial charge is 0.104 e. The molecule has 0 radical (unpaired) electrons. The molecule has 0 bridgehead atoms. The van der Waals surface area contributed by atoms with E-state index in [0.29, 0.717) is 10.9 Å². The molecule has 2 N–H and O–H groups in total. The Hall–Kier alpha value is -1.35. The summed E-state index contributed by atoms with van der Waals surface area (Å²) in [7, 11) is 0. The van der Waals surface area contributed by atoms with E-state index in [1.54, 1.807) is 0 Å². The third-order valence-corrected chi connectivity index (χ3v) is 3.58. The lowest BCUT2D eigenvalue weighted by Gasteiger charge is -2.12. The maximum absolute atomic E-state index is 5.69. The van der Waals surface area contributed by atoms with Crippen LogP contribution in [0.25, 0.3) is 10.9 Å². The van der Waals surface area contributed by atoms with Crippen LogP contribution in [0.1, 0.15) is 32.3 Å². The van der Waals surface area contributed by atoms with Gasteiger partial charge in [0, 0.05) is 23.8 Å². The van der Waals surface area contributed by atoms with Gasteiger partial charge in [0.15, 0.2) is 0 Å². The van der Waals surface area contributed by atoms with Crippen LogP contribution in [0.15, 0.2) is 30.5 Å². The lowest BCUT2D eigenvalue weighted by Crippen LogP contribution is -2.10. The van der Waals surface area contributed by atoms with E-state index in [9.17, 15) is 0 Å². The zero-order valence-electron chi connectivity index (χ0n) is 11.0. The Balaban J connectivity index is 2.33. The standard InChI is InChI=1S/C15H20N2S/c1-3-4-11(2)10-17-8-7-12-5-6-13(15(16)18)9-14(12)17/h5-9,11H,3-4,10H2,1-2H3,(H2,16,18). The number of hydrogen-bond donors (Lipinski definition) is 1. The quantitative estimate of drug-likeness (QED) is 0.831. The molecule has 1 aromatic carbocycles. The Morgan fingerprint density at radius 1 is 1.39 bits per heavy atom. The second-order valence-electron chi connectivity index (χ2n) is 5.00. The minimum absolute atomic E-state index is 0.464. The third-order valence-electron chi connectivity index (χ3n) is 3.35. The molecule has 1 heterocycles. The summed E-state index contributed by atoms with van der Waals surface area (Å²) in [6.45, 7) is 5.58. The molecule has 18 heavy (non-hydrogen) atoms. The molecule has 0 amide bonds. The van der Waals surface area contributed by atoms with E-state index >= 15 is 0 Å². The zero-order valence-corrected chi connectivity index (χ0v) is 11.8. The van der Waals surface area contributed by atoms with Crippen molar-refractivity contribution in [2.45, 2.75) is 33.2 Å². The van der Waals surface area contributed by atoms with Gasteiger partial charge in [0.2, 0.25) is 0 Å². The van der Waals surface area contributed by atoms with Gasteiger partial charge in [-0.2, -0.15) is 0 Å². The van der Waals surface area contributed by atoms with Gasteiger partial charge in [-0.05, 0) is 29.9 Å². The van der Waals surface area contributed by atoms with Crippen LogP contribution < -0.4 is 5.73 Å². The molecule has 2 rings (SSSR count). The van der Waals surface area contributed by atoms with E-state index < -0.39 is 0 Å². The molecule has 2 aromatic rings. The van der Waals surface area contributed by atoms with Crippen LogP contribution in [0.4, 0.5) is 0 Å². The Kier molecular flexibility index (Phi) is 4.02. The lowest BCUT2D eigenvalue weighted by molar-refractivity contribution is 0.453. The molecule has 96 valence electrons. The molecule has 1 aromatic heterocycles. The van der Waals surface area contributed by atoms with Crippen molar-refractivity contribution in [1.82, 2.24) is 4.57 Å². The summed E-state index contributed by atoms with van der Waals surface area (Å²) in [5, 5.41) is 1.25. The van der Waals surface area contributed by atoms with Gasteiger partial charge in [-0.3, -0.25) is 0 Å². The summed E-state index contributed by atoms with van der Waals surface area (Å²) in [6.07, 6.45) is 4.65. The molecule has 0 saturated carbocycles. The Labute approximate surface area is 114 Å². The van der Waals surface area contributed by atoms with Crippen LogP contribution in [0.2, 0.25) is 0 Å². The van der Waals surface area contributed by atoms with Crippen molar-refractivity contribution in [2.24, 2.45) is 11.7 Å². The lowest BCUT2D eigenvalue weighted by atomic mass is 10.1. The zero-order chi connectivity index (χ0) is 13.1. The van der Waals surface area contributed by atoms with Gasteiger partial charge in [0.05, 0.1) is 0 Å². The average Bonchev–Trinajstić information content (AvgIpc) is 2.72. The van der Waals surface area contributed by atoms with Crippen LogP contribution in [-0.2, 0) is 6.54 Å². The number of hydrogen-bond acceptors (Lipinski definition) is 1. The predicted octanol–water partition coefficient (Wildman–Crippen LogP) is 3.71. The Bertz CT molecular complexity index is 557. The number of rotatable bonds is 5. The highest BCUT2D eigenvalue weighted by molar-refractivity contribution is 7.80. The topological polar surface area (TPSA) is 30.9 Å². The van der Waals surface area contributed by atoms with E-state index in [1.165, 1.54) is 23.7 Å². The molecule has 0 aliphatic carbocycles. The monoisotopic (exact) mass is 260 g/mol. The molecular weight excluding hydrogens is 240 g/mol. The highest BCUT2D eigenvalue weighted by atomic mass is 32.1. The fourth-order valence-corrected chi connectivity index (χ4v) is 2.54. The molecule has 1 atom stereocenters. The summed E-state index contributed by atoms with van der Waals surface area (Å²) >= 11 is 5.04.